The second-order valence-electron chi connectivity index (χ2n) is 3.44. The molecule has 0 saturated carbocycles. The van der Waals surface area contributed by atoms with Crippen LogP contribution in [0, 0.1) is 0 Å². The van der Waals surface area contributed by atoms with E-state index in [0.717, 1.165) is 16.3 Å². The molecule has 0 aliphatic carbocycles. The normalized spacial score (nSPS) is 17.4. The van der Waals surface area contributed by atoms with Gasteiger partial charge in [0.15, 0.2) is 0 Å². The molecule has 0 bridgehead atoms. The maximum atomic E-state index is 11.5. The minimum atomic E-state index is -0.143. The number of hydrogen-bond acceptors (Lipinski definition) is 6. The van der Waals surface area contributed by atoms with Crippen molar-refractivity contribution in [2.75, 3.05) is 0 Å². The Morgan fingerprint density at radius 1 is 1.39 bits per heavy atom. The Balaban J connectivity index is 1.88. The summed E-state index contributed by atoms with van der Waals surface area (Å²) in [6.45, 7) is 0. The number of thiazole rings is 1. The average Bonchev–Trinajstić information content (AvgIpc) is 3.02. The summed E-state index contributed by atoms with van der Waals surface area (Å²) in [6, 6.07) is 2.03. The third-order valence-electron chi connectivity index (χ3n) is 2.21. The molecule has 7 heteroatoms. The number of hydrogen-bond donors (Lipinski definition) is 1. The first kappa shape index (κ1) is 12.0. The first-order valence-electron chi connectivity index (χ1n) is 4.95. The van der Waals surface area contributed by atoms with Crippen LogP contribution in [-0.2, 0) is 4.79 Å². The molecule has 2 aromatic rings. The maximum Gasteiger partial charge on any atom is 0.263 e. The van der Waals surface area contributed by atoms with Crippen molar-refractivity contribution in [2.45, 2.75) is 0 Å². The number of carbonyl (C=O) groups excluding carboxylic acids is 1. The van der Waals surface area contributed by atoms with Crippen LogP contribution in [0.1, 0.15) is 5.69 Å². The quantitative estimate of drug-likeness (QED) is 0.682. The van der Waals surface area contributed by atoms with Crippen molar-refractivity contribution in [3.05, 3.63) is 32.8 Å². The summed E-state index contributed by atoms with van der Waals surface area (Å²) in [5, 5.41) is 9.57. The molecule has 0 spiro atoms. The van der Waals surface area contributed by atoms with Crippen LogP contribution in [0.2, 0.25) is 0 Å². The summed E-state index contributed by atoms with van der Waals surface area (Å²) in [4.78, 5) is 16.6. The zero-order chi connectivity index (χ0) is 12.5. The van der Waals surface area contributed by atoms with E-state index in [1.165, 1.54) is 11.8 Å². The lowest BCUT2D eigenvalue weighted by Gasteiger charge is -1.89. The van der Waals surface area contributed by atoms with Gasteiger partial charge in [-0.3, -0.25) is 4.79 Å². The van der Waals surface area contributed by atoms with E-state index in [0.29, 0.717) is 9.23 Å². The van der Waals surface area contributed by atoms with Crippen LogP contribution in [-0.4, -0.2) is 15.2 Å². The topological polar surface area (TPSA) is 42.0 Å². The maximum absolute atomic E-state index is 11.5. The molecule has 0 aromatic carbocycles. The molecular weight excluding hydrogens is 304 g/mol. The summed E-state index contributed by atoms with van der Waals surface area (Å²) in [5.41, 5.74) is 1.91. The first-order chi connectivity index (χ1) is 8.72. The Morgan fingerprint density at radius 3 is 2.94 bits per heavy atom. The van der Waals surface area contributed by atoms with E-state index in [-0.39, 0.29) is 5.91 Å². The number of amides is 1. The molecule has 0 atom stereocenters. The van der Waals surface area contributed by atoms with Crippen molar-refractivity contribution >= 4 is 63.0 Å². The van der Waals surface area contributed by atoms with Gasteiger partial charge in [0.25, 0.3) is 5.91 Å². The Labute approximate surface area is 121 Å². The zero-order valence-corrected chi connectivity index (χ0v) is 12.1. The van der Waals surface area contributed by atoms with Crippen molar-refractivity contribution in [3.8, 4) is 10.6 Å². The van der Waals surface area contributed by atoms with Crippen LogP contribution < -0.4 is 5.32 Å². The van der Waals surface area contributed by atoms with Gasteiger partial charge in [-0.1, -0.05) is 24.0 Å². The van der Waals surface area contributed by atoms with Crippen molar-refractivity contribution < 1.29 is 4.79 Å². The number of nitrogens with zero attached hydrogens (tertiary/aromatic N) is 1. The minimum Gasteiger partial charge on any atom is -0.307 e. The highest BCUT2D eigenvalue weighted by atomic mass is 32.2. The summed E-state index contributed by atoms with van der Waals surface area (Å²) in [7, 11) is 0. The standard InChI is InChI=1S/C11H6N2OS4/c14-9-8(18-11(15)13-9)3-7-5-17-10(12-7)6-1-2-16-4-6/h1-5H,(H,13,14,15). The molecular formula is C11H6N2OS4. The first-order valence-corrected chi connectivity index (χ1v) is 8.00. The fourth-order valence-electron chi connectivity index (χ4n) is 1.43. The van der Waals surface area contributed by atoms with Gasteiger partial charge in [0.1, 0.15) is 9.33 Å². The fourth-order valence-corrected chi connectivity index (χ4v) is 3.94. The van der Waals surface area contributed by atoms with Gasteiger partial charge in [-0.25, -0.2) is 4.98 Å². The lowest BCUT2D eigenvalue weighted by atomic mass is 10.3. The van der Waals surface area contributed by atoms with Gasteiger partial charge in [-0.05, 0) is 17.5 Å². The van der Waals surface area contributed by atoms with E-state index < -0.39 is 0 Å². The predicted octanol–water partition coefficient (Wildman–Crippen LogP) is 3.36. The monoisotopic (exact) mass is 310 g/mol. The Hall–Kier alpha value is -1.02. The van der Waals surface area contributed by atoms with Crippen LogP contribution in [0.4, 0.5) is 0 Å². The number of carbonyl (C=O) groups is 1. The van der Waals surface area contributed by atoms with Crippen molar-refractivity contribution in [1.82, 2.24) is 10.3 Å². The Kier molecular flexibility index (Phi) is 3.29. The number of thiocarbonyl (C=S) groups is 1. The summed E-state index contributed by atoms with van der Waals surface area (Å²) < 4.78 is 0.500. The van der Waals surface area contributed by atoms with Gasteiger partial charge in [0.2, 0.25) is 0 Å². The van der Waals surface area contributed by atoms with Crippen molar-refractivity contribution in [3.63, 3.8) is 0 Å². The molecule has 1 saturated heterocycles. The third kappa shape index (κ3) is 2.39. The molecule has 0 unspecified atom stereocenters. The number of thiophene rings is 1. The third-order valence-corrected chi connectivity index (χ3v) is 4.97. The van der Waals surface area contributed by atoms with Crippen molar-refractivity contribution in [1.29, 1.82) is 0 Å². The average molecular weight is 310 g/mol. The SMILES string of the molecule is O=C1NC(=S)SC1=Cc1csc(-c2ccsc2)n1. The van der Waals surface area contributed by atoms with E-state index in [1.54, 1.807) is 28.7 Å². The van der Waals surface area contributed by atoms with E-state index in [1.807, 2.05) is 16.8 Å². The molecule has 0 radical (unpaired) electrons. The number of thioether (sulfide) groups is 1. The van der Waals surface area contributed by atoms with Gasteiger partial charge >= 0.3 is 0 Å². The van der Waals surface area contributed by atoms with Gasteiger partial charge in [-0.2, -0.15) is 11.3 Å². The van der Waals surface area contributed by atoms with Crippen LogP contribution >= 0.6 is 46.7 Å². The van der Waals surface area contributed by atoms with E-state index in [4.69, 9.17) is 12.2 Å². The van der Waals surface area contributed by atoms with Gasteiger partial charge in [0, 0.05) is 16.3 Å². The number of aromatic nitrogens is 1. The molecule has 1 N–H and O–H groups in total. The summed E-state index contributed by atoms with van der Waals surface area (Å²) in [6.07, 6.45) is 1.77. The van der Waals surface area contributed by atoms with Crippen LogP contribution in [0.15, 0.2) is 27.1 Å². The lowest BCUT2D eigenvalue weighted by Crippen LogP contribution is -2.17. The number of nitrogens with one attached hydrogen (secondary N) is 1. The van der Waals surface area contributed by atoms with Crippen molar-refractivity contribution in [2.24, 2.45) is 0 Å². The molecule has 2 aromatic heterocycles. The second kappa shape index (κ2) is 4.93. The molecule has 1 aliphatic heterocycles. The molecule has 3 nitrogen and oxygen atoms in total. The van der Waals surface area contributed by atoms with Crippen LogP contribution in [0.25, 0.3) is 16.6 Å². The minimum absolute atomic E-state index is 0.143. The number of rotatable bonds is 2. The lowest BCUT2D eigenvalue weighted by molar-refractivity contribution is -0.115. The van der Waals surface area contributed by atoms with Gasteiger partial charge in [-0.15, -0.1) is 11.3 Å². The van der Waals surface area contributed by atoms with Gasteiger partial charge < -0.3 is 5.32 Å². The van der Waals surface area contributed by atoms with E-state index in [2.05, 4.69) is 15.7 Å². The summed E-state index contributed by atoms with van der Waals surface area (Å²) >= 11 is 9.42. The second-order valence-corrected chi connectivity index (χ2v) is 6.80. The fraction of sp³-hybridized carbons (Fsp3) is 0. The highest BCUT2D eigenvalue weighted by molar-refractivity contribution is 8.26. The zero-order valence-electron chi connectivity index (χ0n) is 8.88. The molecule has 1 aliphatic rings. The van der Waals surface area contributed by atoms with Gasteiger partial charge in [0.05, 0.1) is 10.6 Å². The predicted molar refractivity (Wildman–Crippen MR) is 81.7 cm³/mol. The summed E-state index contributed by atoms with van der Waals surface area (Å²) in [5.74, 6) is -0.143. The molecule has 1 amide bonds. The van der Waals surface area contributed by atoms with Crippen LogP contribution in [0.3, 0.4) is 0 Å². The molecule has 1 fully saturated rings. The largest absolute Gasteiger partial charge is 0.307 e. The van der Waals surface area contributed by atoms with E-state index >= 15 is 0 Å². The molecule has 90 valence electrons. The Bertz CT molecular complexity index is 642. The highest BCUT2D eigenvalue weighted by Crippen LogP contribution is 2.29. The smallest absolute Gasteiger partial charge is 0.263 e. The van der Waals surface area contributed by atoms with E-state index in [9.17, 15) is 4.79 Å². The Morgan fingerprint density at radius 2 is 2.28 bits per heavy atom. The molecule has 18 heavy (non-hydrogen) atoms. The van der Waals surface area contributed by atoms with Crippen LogP contribution in [0.5, 0.6) is 0 Å². The molecule has 3 heterocycles. The molecule has 3 rings (SSSR count). The highest BCUT2D eigenvalue weighted by Gasteiger charge is 2.22.